The lowest BCUT2D eigenvalue weighted by Crippen LogP contribution is -2.60. The first-order valence-corrected chi connectivity index (χ1v) is 8.59. The van der Waals surface area contributed by atoms with Crippen LogP contribution in [-0.2, 0) is 0 Å². The smallest absolute Gasteiger partial charge is 0.289 e. The summed E-state index contributed by atoms with van der Waals surface area (Å²) in [4.78, 5) is 17.2. The highest BCUT2D eigenvalue weighted by molar-refractivity contribution is 5.92. The van der Waals surface area contributed by atoms with E-state index in [1.165, 1.54) is 19.3 Å². The maximum absolute atomic E-state index is 12.8. The summed E-state index contributed by atoms with van der Waals surface area (Å²) in [5.74, 6) is 1.12. The highest BCUT2D eigenvalue weighted by Crippen LogP contribution is 2.29. The molecule has 2 aliphatic heterocycles. The molecule has 1 amide bonds. The van der Waals surface area contributed by atoms with E-state index in [-0.39, 0.29) is 5.91 Å². The summed E-state index contributed by atoms with van der Waals surface area (Å²) in [5.41, 5.74) is 7.36. The molecule has 2 aliphatic rings. The average Bonchev–Trinajstić information content (AvgIpc) is 3.04. The SMILES string of the molecule is CN1C2CCCC1CN(C(=O)c1ccc(-c3ccc(N)cc3)o1)C2. The van der Waals surface area contributed by atoms with Crippen LogP contribution in [0.15, 0.2) is 40.8 Å². The molecule has 0 radical (unpaired) electrons. The molecule has 3 heterocycles. The normalized spacial score (nSPS) is 24.1. The molecule has 1 aromatic heterocycles. The summed E-state index contributed by atoms with van der Waals surface area (Å²) < 4.78 is 5.83. The molecule has 2 saturated heterocycles. The number of carbonyl (C=O) groups is 1. The standard InChI is InChI=1S/C19H23N3O2/c1-21-15-3-2-4-16(21)12-22(11-15)19(23)18-10-9-17(24-18)13-5-7-14(20)8-6-13/h5-10,15-16H,2-4,11-12,20H2,1H3. The van der Waals surface area contributed by atoms with Gasteiger partial charge in [0.15, 0.2) is 5.76 Å². The zero-order chi connectivity index (χ0) is 16.7. The number of nitrogens with zero attached hydrogens (tertiary/aromatic N) is 2. The molecule has 24 heavy (non-hydrogen) atoms. The summed E-state index contributed by atoms with van der Waals surface area (Å²) in [7, 11) is 2.18. The summed E-state index contributed by atoms with van der Waals surface area (Å²) >= 11 is 0. The van der Waals surface area contributed by atoms with Crippen molar-refractivity contribution in [1.82, 2.24) is 9.80 Å². The van der Waals surface area contributed by atoms with Gasteiger partial charge in [0.25, 0.3) is 5.91 Å². The summed E-state index contributed by atoms with van der Waals surface area (Å²) in [6.07, 6.45) is 3.61. The Morgan fingerprint density at radius 3 is 2.42 bits per heavy atom. The number of nitrogens with two attached hydrogens (primary N) is 1. The molecule has 2 atom stereocenters. The van der Waals surface area contributed by atoms with Crippen LogP contribution in [0.25, 0.3) is 11.3 Å². The monoisotopic (exact) mass is 325 g/mol. The predicted octanol–water partition coefficient (Wildman–Crippen LogP) is 2.84. The van der Waals surface area contributed by atoms with Gasteiger partial charge < -0.3 is 15.1 Å². The zero-order valence-corrected chi connectivity index (χ0v) is 13.9. The number of furan rings is 1. The third kappa shape index (κ3) is 2.69. The Balaban J connectivity index is 1.52. The first-order chi connectivity index (χ1) is 11.6. The molecule has 2 bridgehead atoms. The van der Waals surface area contributed by atoms with E-state index < -0.39 is 0 Å². The fraction of sp³-hybridized carbons (Fsp3) is 0.421. The van der Waals surface area contributed by atoms with E-state index in [0.29, 0.717) is 29.3 Å². The molecule has 2 aromatic rings. The highest BCUT2D eigenvalue weighted by atomic mass is 16.4. The number of fused-ring (bicyclic) bond motifs is 2. The van der Waals surface area contributed by atoms with Gasteiger partial charge in [-0.1, -0.05) is 6.42 Å². The van der Waals surface area contributed by atoms with Crippen molar-refractivity contribution in [3.63, 3.8) is 0 Å². The van der Waals surface area contributed by atoms with Crippen molar-refractivity contribution < 1.29 is 9.21 Å². The molecule has 5 nitrogen and oxygen atoms in total. The van der Waals surface area contributed by atoms with Crippen molar-refractivity contribution in [1.29, 1.82) is 0 Å². The van der Waals surface area contributed by atoms with Crippen LogP contribution in [0.1, 0.15) is 29.8 Å². The largest absolute Gasteiger partial charge is 0.451 e. The average molecular weight is 325 g/mol. The minimum absolute atomic E-state index is 0.00157. The van der Waals surface area contributed by atoms with Gasteiger partial charge in [0.1, 0.15) is 5.76 Å². The van der Waals surface area contributed by atoms with E-state index in [4.69, 9.17) is 10.2 Å². The van der Waals surface area contributed by atoms with E-state index in [2.05, 4.69) is 11.9 Å². The number of likely N-dealkylation sites (tertiary alicyclic amines) is 1. The maximum atomic E-state index is 12.8. The second kappa shape index (κ2) is 5.98. The van der Waals surface area contributed by atoms with E-state index in [1.807, 2.05) is 35.2 Å². The molecular weight excluding hydrogens is 302 g/mol. The van der Waals surface area contributed by atoms with Gasteiger partial charge in [-0.2, -0.15) is 0 Å². The van der Waals surface area contributed by atoms with Gasteiger partial charge in [-0.25, -0.2) is 0 Å². The van der Waals surface area contributed by atoms with Crippen molar-refractivity contribution >= 4 is 11.6 Å². The minimum atomic E-state index is 0.00157. The van der Waals surface area contributed by atoms with Crippen LogP contribution in [0.2, 0.25) is 0 Å². The first-order valence-electron chi connectivity index (χ1n) is 8.59. The van der Waals surface area contributed by atoms with Gasteiger partial charge in [0.2, 0.25) is 0 Å². The molecule has 0 aliphatic carbocycles. The van der Waals surface area contributed by atoms with E-state index in [9.17, 15) is 4.79 Å². The molecule has 1 aromatic carbocycles. The predicted molar refractivity (Wildman–Crippen MR) is 93.6 cm³/mol. The summed E-state index contributed by atoms with van der Waals surface area (Å²) in [5, 5.41) is 0. The van der Waals surface area contributed by atoms with Crippen LogP contribution in [-0.4, -0.2) is 47.9 Å². The number of piperazine rings is 1. The fourth-order valence-electron chi connectivity index (χ4n) is 3.90. The molecule has 0 spiro atoms. The Morgan fingerprint density at radius 2 is 1.75 bits per heavy atom. The van der Waals surface area contributed by atoms with Gasteiger partial charge in [-0.3, -0.25) is 9.69 Å². The lowest BCUT2D eigenvalue weighted by Gasteiger charge is -2.48. The molecular formula is C19H23N3O2. The Morgan fingerprint density at radius 1 is 1.08 bits per heavy atom. The number of hydrogen-bond donors (Lipinski definition) is 1. The molecule has 2 fully saturated rings. The molecule has 4 rings (SSSR count). The summed E-state index contributed by atoms with van der Waals surface area (Å²) in [6, 6.07) is 12.1. The quantitative estimate of drug-likeness (QED) is 0.863. The van der Waals surface area contributed by atoms with Crippen LogP contribution < -0.4 is 5.73 Å². The highest BCUT2D eigenvalue weighted by Gasteiger charge is 2.37. The van der Waals surface area contributed by atoms with Gasteiger partial charge in [0.05, 0.1) is 0 Å². The fourth-order valence-corrected chi connectivity index (χ4v) is 3.90. The number of anilines is 1. The molecule has 5 heteroatoms. The second-order valence-corrected chi connectivity index (χ2v) is 6.90. The van der Waals surface area contributed by atoms with Crippen molar-refractivity contribution in [2.24, 2.45) is 0 Å². The number of likely N-dealkylation sites (N-methyl/N-ethyl adjacent to an activating group) is 1. The lowest BCUT2D eigenvalue weighted by molar-refractivity contribution is 0.00959. The van der Waals surface area contributed by atoms with Crippen LogP contribution >= 0.6 is 0 Å². The number of rotatable bonds is 2. The number of piperidine rings is 1. The number of hydrogen-bond acceptors (Lipinski definition) is 4. The van der Waals surface area contributed by atoms with E-state index >= 15 is 0 Å². The number of amides is 1. The van der Waals surface area contributed by atoms with Crippen molar-refractivity contribution in [2.45, 2.75) is 31.3 Å². The zero-order valence-electron chi connectivity index (χ0n) is 13.9. The molecule has 2 unspecified atom stereocenters. The van der Waals surface area contributed by atoms with Crippen molar-refractivity contribution in [3.05, 3.63) is 42.2 Å². The van der Waals surface area contributed by atoms with Crippen molar-refractivity contribution in [3.8, 4) is 11.3 Å². The third-order valence-corrected chi connectivity index (χ3v) is 5.39. The lowest BCUT2D eigenvalue weighted by atomic mass is 9.92. The molecule has 126 valence electrons. The third-order valence-electron chi connectivity index (χ3n) is 5.39. The number of benzene rings is 1. The van der Waals surface area contributed by atoms with Gasteiger partial charge >= 0.3 is 0 Å². The topological polar surface area (TPSA) is 62.7 Å². The van der Waals surface area contributed by atoms with Gasteiger partial charge in [0, 0.05) is 36.4 Å². The van der Waals surface area contributed by atoms with Crippen LogP contribution in [0.4, 0.5) is 5.69 Å². The summed E-state index contributed by atoms with van der Waals surface area (Å²) in [6.45, 7) is 1.59. The Hall–Kier alpha value is -2.27. The Labute approximate surface area is 142 Å². The number of carbonyl (C=O) groups excluding carboxylic acids is 1. The number of nitrogen functional groups attached to an aromatic ring is 1. The maximum Gasteiger partial charge on any atom is 0.289 e. The van der Waals surface area contributed by atoms with Crippen LogP contribution in [0.3, 0.4) is 0 Å². The van der Waals surface area contributed by atoms with Gasteiger partial charge in [-0.05, 0) is 56.3 Å². The molecule has 2 N–H and O–H groups in total. The minimum Gasteiger partial charge on any atom is -0.451 e. The van der Waals surface area contributed by atoms with Crippen LogP contribution in [0, 0.1) is 0 Å². The van der Waals surface area contributed by atoms with Crippen molar-refractivity contribution in [2.75, 3.05) is 25.9 Å². The molecule has 0 saturated carbocycles. The first kappa shape index (κ1) is 15.3. The Bertz CT molecular complexity index is 723. The van der Waals surface area contributed by atoms with Crippen LogP contribution in [0.5, 0.6) is 0 Å². The van der Waals surface area contributed by atoms with E-state index in [1.54, 1.807) is 6.07 Å². The second-order valence-electron chi connectivity index (χ2n) is 6.90. The van der Waals surface area contributed by atoms with Gasteiger partial charge in [-0.15, -0.1) is 0 Å². The van der Waals surface area contributed by atoms with E-state index in [0.717, 1.165) is 18.7 Å². The Kier molecular flexibility index (Phi) is 3.81.